The molecule has 1 fully saturated rings. The number of halogens is 1. The van der Waals surface area contributed by atoms with Gasteiger partial charge in [-0.3, -0.25) is 4.79 Å². The minimum absolute atomic E-state index is 0.156. The maximum absolute atomic E-state index is 12.0. The quantitative estimate of drug-likeness (QED) is 0.879. The molecule has 0 aliphatic heterocycles. The molecule has 0 heterocycles. The second-order valence-corrected chi connectivity index (χ2v) is 6.10. The van der Waals surface area contributed by atoms with E-state index in [1.54, 1.807) is 13.0 Å². The minimum Gasteiger partial charge on any atom is -0.479 e. The van der Waals surface area contributed by atoms with Crippen LogP contribution in [0.3, 0.4) is 0 Å². The molecule has 1 aromatic carbocycles. The summed E-state index contributed by atoms with van der Waals surface area (Å²) in [6.07, 6.45) is 1.88. The number of nitrogens with one attached hydrogen (secondary N) is 1. The van der Waals surface area contributed by atoms with Crippen molar-refractivity contribution in [2.75, 3.05) is 6.54 Å². The number of benzene rings is 1. The number of aryl methyl sites for hydroxylation is 1. The molecular weight excluding hydrogens is 290 g/mol. The Morgan fingerprint density at radius 3 is 2.95 bits per heavy atom. The Morgan fingerprint density at radius 1 is 1.52 bits per heavy atom. The zero-order chi connectivity index (χ0) is 15.4. The molecule has 1 aliphatic carbocycles. The summed E-state index contributed by atoms with van der Waals surface area (Å²) in [6.45, 7) is 4.13. The highest BCUT2D eigenvalue weighted by Crippen LogP contribution is 2.27. The predicted molar refractivity (Wildman–Crippen MR) is 82.6 cm³/mol. The van der Waals surface area contributed by atoms with E-state index in [0.29, 0.717) is 17.3 Å². The van der Waals surface area contributed by atoms with Gasteiger partial charge >= 0.3 is 0 Å². The van der Waals surface area contributed by atoms with Crippen molar-refractivity contribution in [3.05, 3.63) is 28.8 Å². The van der Waals surface area contributed by atoms with E-state index in [9.17, 15) is 9.90 Å². The number of aliphatic hydroxyl groups is 1. The Balaban J connectivity index is 1.86. The van der Waals surface area contributed by atoms with Gasteiger partial charge in [0.25, 0.3) is 5.91 Å². The van der Waals surface area contributed by atoms with Crippen LogP contribution in [0.2, 0.25) is 5.02 Å². The smallest absolute Gasteiger partial charge is 0.260 e. The van der Waals surface area contributed by atoms with Crippen molar-refractivity contribution in [1.82, 2.24) is 5.32 Å². The standard InChI is InChI=1S/C16H22ClNO3/c1-10-6-7-13(17)15(8-10)21-11(2)16(20)18-9-12-4-3-5-14(12)19/h6-8,11-12,14,19H,3-5,9H2,1-2H3,(H,18,20). The van der Waals surface area contributed by atoms with E-state index in [4.69, 9.17) is 16.3 Å². The molecule has 0 spiro atoms. The summed E-state index contributed by atoms with van der Waals surface area (Å²) in [5, 5.41) is 13.1. The number of amides is 1. The van der Waals surface area contributed by atoms with Crippen LogP contribution in [0.15, 0.2) is 18.2 Å². The Morgan fingerprint density at radius 2 is 2.29 bits per heavy atom. The van der Waals surface area contributed by atoms with E-state index in [1.165, 1.54) is 0 Å². The summed E-state index contributed by atoms with van der Waals surface area (Å²) in [5.74, 6) is 0.482. The average molecular weight is 312 g/mol. The first-order valence-corrected chi connectivity index (χ1v) is 7.73. The second-order valence-electron chi connectivity index (χ2n) is 5.70. The molecule has 116 valence electrons. The number of ether oxygens (including phenoxy) is 1. The third kappa shape index (κ3) is 4.35. The Kier molecular flexibility index (Phi) is 5.48. The molecule has 2 N–H and O–H groups in total. The number of carbonyl (C=O) groups is 1. The summed E-state index contributed by atoms with van der Waals surface area (Å²) in [7, 11) is 0. The van der Waals surface area contributed by atoms with Gasteiger partial charge in [0.1, 0.15) is 5.75 Å². The molecular formula is C16H22ClNO3. The molecule has 3 atom stereocenters. The summed E-state index contributed by atoms with van der Waals surface area (Å²) in [4.78, 5) is 12.0. The van der Waals surface area contributed by atoms with Gasteiger partial charge in [0.15, 0.2) is 6.10 Å². The summed E-state index contributed by atoms with van der Waals surface area (Å²) in [6, 6.07) is 5.46. The number of aliphatic hydroxyl groups excluding tert-OH is 1. The third-order valence-corrected chi connectivity index (χ3v) is 4.23. The SMILES string of the molecule is Cc1ccc(Cl)c(OC(C)C(=O)NCC2CCCC2O)c1. The lowest BCUT2D eigenvalue weighted by Gasteiger charge is -2.19. The zero-order valence-electron chi connectivity index (χ0n) is 12.4. The van der Waals surface area contributed by atoms with Crippen LogP contribution in [0.4, 0.5) is 0 Å². The number of carbonyl (C=O) groups excluding carboxylic acids is 1. The van der Waals surface area contributed by atoms with Crippen LogP contribution in [0, 0.1) is 12.8 Å². The lowest BCUT2D eigenvalue weighted by Crippen LogP contribution is -2.40. The third-order valence-electron chi connectivity index (χ3n) is 3.92. The van der Waals surface area contributed by atoms with E-state index >= 15 is 0 Å². The van der Waals surface area contributed by atoms with E-state index < -0.39 is 6.10 Å². The van der Waals surface area contributed by atoms with Crippen LogP contribution in [0.25, 0.3) is 0 Å². The maximum atomic E-state index is 12.0. The largest absolute Gasteiger partial charge is 0.479 e. The van der Waals surface area contributed by atoms with Gasteiger partial charge in [-0.25, -0.2) is 0 Å². The van der Waals surface area contributed by atoms with Crippen molar-refractivity contribution in [1.29, 1.82) is 0 Å². The number of hydrogen-bond donors (Lipinski definition) is 2. The van der Waals surface area contributed by atoms with Gasteiger partial charge in [0.2, 0.25) is 0 Å². The van der Waals surface area contributed by atoms with E-state index in [-0.39, 0.29) is 17.9 Å². The first-order valence-electron chi connectivity index (χ1n) is 7.36. The van der Waals surface area contributed by atoms with E-state index in [2.05, 4.69) is 5.32 Å². The highest BCUT2D eigenvalue weighted by atomic mass is 35.5. The van der Waals surface area contributed by atoms with E-state index in [1.807, 2.05) is 19.1 Å². The Bertz CT molecular complexity index is 506. The number of rotatable bonds is 5. The molecule has 3 unspecified atom stereocenters. The molecule has 5 heteroatoms. The maximum Gasteiger partial charge on any atom is 0.260 e. The van der Waals surface area contributed by atoms with Crippen LogP contribution >= 0.6 is 11.6 Å². The predicted octanol–water partition coefficient (Wildman–Crippen LogP) is 2.69. The highest BCUT2D eigenvalue weighted by molar-refractivity contribution is 6.32. The molecule has 0 aromatic heterocycles. The van der Waals surface area contributed by atoms with Gasteiger partial charge in [0.05, 0.1) is 11.1 Å². The summed E-state index contributed by atoms with van der Waals surface area (Å²) in [5.41, 5.74) is 1.02. The lowest BCUT2D eigenvalue weighted by molar-refractivity contribution is -0.127. The fourth-order valence-corrected chi connectivity index (χ4v) is 2.74. The molecule has 4 nitrogen and oxygen atoms in total. The first-order chi connectivity index (χ1) is 9.97. The molecule has 1 aliphatic rings. The molecule has 2 rings (SSSR count). The van der Waals surface area contributed by atoms with Gasteiger partial charge in [-0.15, -0.1) is 0 Å². The zero-order valence-corrected chi connectivity index (χ0v) is 13.2. The van der Waals surface area contributed by atoms with Crippen molar-refractivity contribution in [3.63, 3.8) is 0 Å². The fourth-order valence-electron chi connectivity index (χ4n) is 2.58. The summed E-state index contributed by atoms with van der Waals surface area (Å²) < 4.78 is 5.62. The molecule has 0 radical (unpaired) electrons. The summed E-state index contributed by atoms with van der Waals surface area (Å²) >= 11 is 6.06. The molecule has 1 amide bonds. The molecule has 0 bridgehead atoms. The van der Waals surface area contributed by atoms with Crippen LogP contribution in [-0.4, -0.2) is 29.8 Å². The Labute approximate surface area is 130 Å². The van der Waals surface area contributed by atoms with Gasteiger partial charge in [-0.05, 0) is 44.4 Å². The second kappa shape index (κ2) is 7.14. The number of hydrogen-bond acceptors (Lipinski definition) is 3. The monoisotopic (exact) mass is 311 g/mol. The van der Waals surface area contributed by atoms with Crippen LogP contribution in [-0.2, 0) is 4.79 Å². The normalized spacial score (nSPS) is 22.9. The van der Waals surface area contributed by atoms with Crippen molar-refractivity contribution >= 4 is 17.5 Å². The van der Waals surface area contributed by atoms with Crippen LogP contribution in [0.5, 0.6) is 5.75 Å². The topological polar surface area (TPSA) is 58.6 Å². The van der Waals surface area contributed by atoms with Crippen molar-refractivity contribution in [3.8, 4) is 5.75 Å². The average Bonchev–Trinajstić information content (AvgIpc) is 2.85. The van der Waals surface area contributed by atoms with Gasteiger partial charge in [-0.2, -0.15) is 0 Å². The molecule has 21 heavy (non-hydrogen) atoms. The molecule has 0 saturated heterocycles. The van der Waals surface area contributed by atoms with E-state index in [0.717, 1.165) is 24.8 Å². The lowest BCUT2D eigenvalue weighted by atomic mass is 10.1. The minimum atomic E-state index is -0.622. The van der Waals surface area contributed by atoms with Gasteiger partial charge < -0.3 is 15.2 Å². The van der Waals surface area contributed by atoms with Crippen LogP contribution < -0.4 is 10.1 Å². The van der Waals surface area contributed by atoms with Crippen molar-refractivity contribution in [2.24, 2.45) is 5.92 Å². The van der Waals surface area contributed by atoms with Crippen LogP contribution in [0.1, 0.15) is 31.7 Å². The van der Waals surface area contributed by atoms with Gasteiger partial charge in [0, 0.05) is 12.5 Å². The molecule has 1 saturated carbocycles. The fraction of sp³-hybridized carbons (Fsp3) is 0.562. The molecule has 1 aromatic rings. The van der Waals surface area contributed by atoms with Gasteiger partial charge in [-0.1, -0.05) is 24.1 Å². The van der Waals surface area contributed by atoms with Crippen molar-refractivity contribution in [2.45, 2.75) is 45.3 Å². The highest BCUT2D eigenvalue weighted by Gasteiger charge is 2.26. The first kappa shape index (κ1) is 16.1. The Hall–Kier alpha value is -1.26. The van der Waals surface area contributed by atoms with Crippen molar-refractivity contribution < 1.29 is 14.6 Å².